The average molecular weight is 365 g/mol. The maximum atomic E-state index is 12.4. The van der Waals surface area contributed by atoms with Gasteiger partial charge in [-0.3, -0.25) is 14.9 Å². The lowest BCUT2D eigenvalue weighted by Gasteiger charge is -2.33. The van der Waals surface area contributed by atoms with Crippen LogP contribution in [0.4, 0.5) is 11.4 Å². The molecule has 1 aliphatic rings. The number of nitro groups is 1. The Hall–Kier alpha value is -2.68. The summed E-state index contributed by atoms with van der Waals surface area (Å²) in [6.45, 7) is 2.18. The summed E-state index contributed by atoms with van der Waals surface area (Å²) in [5.74, 6) is -1.10. The van der Waals surface area contributed by atoms with E-state index in [0.29, 0.717) is 12.2 Å². The molecule has 1 aromatic carbocycles. The average Bonchev–Trinajstić information content (AvgIpc) is 2.64. The van der Waals surface area contributed by atoms with Crippen LogP contribution in [0.1, 0.15) is 36.5 Å². The fraction of sp³-hybridized carbons (Fsp3) is 0.529. The quantitative estimate of drug-likeness (QED) is 0.427. The van der Waals surface area contributed by atoms with Gasteiger partial charge in [0.2, 0.25) is 0 Å². The lowest BCUT2D eigenvalue weighted by molar-refractivity contribution is -0.384. The van der Waals surface area contributed by atoms with Gasteiger partial charge < -0.3 is 20.1 Å². The van der Waals surface area contributed by atoms with Crippen molar-refractivity contribution in [1.29, 1.82) is 0 Å². The van der Waals surface area contributed by atoms with Crippen molar-refractivity contribution in [2.75, 3.05) is 31.6 Å². The molecule has 1 saturated heterocycles. The molecule has 0 aliphatic carbocycles. The first kappa shape index (κ1) is 19.6. The topological polar surface area (TPSA) is 122 Å². The SMILES string of the molecule is C[C@@H]1CCCCN1C(=O)COC(=O)c1cc([N+](=O)[O-])ccc1NCCO. The molecule has 1 atom stereocenters. The summed E-state index contributed by atoms with van der Waals surface area (Å²) in [7, 11) is 0. The van der Waals surface area contributed by atoms with Crippen LogP contribution in [0.3, 0.4) is 0 Å². The molecule has 9 nitrogen and oxygen atoms in total. The van der Waals surface area contributed by atoms with Crippen molar-refractivity contribution in [3.05, 3.63) is 33.9 Å². The number of hydrogen-bond donors (Lipinski definition) is 2. The normalized spacial score (nSPS) is 16.8. The number of non-ortho nitro benzene ring substituents is 1. The van der Waals surface area contributed by atoms with Gasteiger partial charge in [0.15, 0.2) is 6.61 Å². The van der Waals surface area contributed by atoms with Gasteiger partial charge in [-0.15, -0.1) is 0 Å². The molecule has 1 fully saturated rings. The number of nitrogens with zero attached hydrogens (tertiary/aromatic N) is 2. The molecule has 0 radical (unpaired) electrons. The number of anilines is 1. The Bertz CT molecular complexity index is 678. The van der Waals surface area contributed by atoms with Crippen molar-refractivity contribution in [2.24, 2.45) is 0 Å². The summed E-state index contributed by atoms with van der Waals surface area (Å²) in [4.78, 5) is 36.6. The highest BCUT2D eigenvalue weighted by atomic mass is 16.6. The van der Waals surface area contributed by atoms with Gasteiger partial charge in [-0.05, 0) is 32.3 Å². The van der Waals surface area contributed by atoms with Crippen molar-refractivity contribution in [1.82, 2.24) is 4.90 Å². The third-order valence-corrected chi connectivity index (χ3v) is 4.31. The van der Waals surface area contributed by atoms with Crippen LogP contribution < -0.4 is 5.32 Å². The largest absolute Gasteiger partial charge is 0.452 e. The minimum Gasteiger partial charge on any atom is -0.452 e. The number of nitro benzene ring substituents is 1. The van der Waals surface area contributed by atoms with Gasteiger partial charge in [0.05, 0.1) is 17.1 Å². The molecule has 0 aromatic heterocycles. The van der Waals surface area contributed by atoms with Gasteiger partial charge in [0, 0.05) is 37.0 Å². The lowest BCUT2D eigenvalue weighted by Crippen LogP contribution is -2.44. The van der Waals surface area contributed by atoms with E-state index < -0.39 is 17.5 Å². The molecule has 1 amide bonds. The summed E-state index contributed by atoms with van der Waals surface area (Å²) < 4.78 is 5.09. The second-order valence-corrected chi connectivity index (χ2v) is 6.15. The van der Waals surface area contributed by atoms with Crippen LogP contribution in [0.5, 0.6) is 0 Å². The van der Waals surface area contributed by atoms with Gasteiger partial charge in [-0.25, -0.2) is 4.79 Å². The molecule has 142 valence electrons. The molecular formula is C17H23N3O6. The van der Waals surface area contributed by atoms with E-state index in [0.717, 1.165) is 25.3 Å². The van der Waals surface area contributed by atoms with Crippen LogP contribution in [-0.2, 0) is 9.53 Å². The van der Waals surface area contributed by atoms with E-state index >= 15 is 0 Å². The van der Waals surface area contributed by atoms with Crippen molar-refractivity contribution < 1.29 is 24.4 Å². The number of carbonyl (C=O) groups is 2. The lowest BCUT2D eigenvalue weighted by atomic mass is 10.0. The maximum Gasteiger partial charge on any atom is 0.341 e. The van der Waals surface area contributed by atoms with Gasteiger partial charge in [-0.2, -0.15) is 0 Å². The van der Waals surface area contributed by atoms with Gasteiger partial charge >= 0.3 is 5.97 Å². The van der Waals surface area contributed by atoms with Crippen molar-refractivity contribution in [3.63, 3.8) is 0 Å². The first-order valence-electron chi connectivity index (χ1n) is 8.53. The molecule has 0 spiro atoms. The Balaban J connectivity index is 2.08. The monoisotopic (exact) mass is 365 g/mol. The minimum atomic E-state index is -0.827. The number of rotatable bonds is 7. The number of hydrogen-bond acceptors (Lipinski definition) is 7. The zero-order chi connectivity index (χ0) is 19.1. The smallest absolute Gasteiger partial charge is 0.341 e. The fourth-order valence-electron chi connectivity index (χ4n) is 2.92. The molecule has 9 heteroatoms. The van der Waals surface area contributed by atoms with E-state index in [2.05, 4.69) is 5.32 Å². The molecule has 1 aromatic rings. The Morgan fingerprint density at radius 3 is 2.85 bits per heavy atom. The fourth-order valence-corrected chi connectivity index (χ4v) is 2.92. The summed E-state index contributed by atoms with van der Waals surface area (Å²) in [6.07, 6.45) is 2.90. The van der Waals surface area contributed by atoms with Crippen LogP contribution in [0.25, 0.3) is 0 Å². The molecular weight excluding hydrogens is 342 g/mol. The van der Waals surface area contributed by atoms with Crippen LogP contribution in [0.15, 0.2) is 18.2 Å². The number of ether oxygens (including phenoxy) is 1. The number of aliphatic hydroxyl groups excluding tert-OH is 1. The van der Waals surface area contributed by atoms with E-state index in [-0.39, 0.29) is 36.4 Å². The highest BCUT2D eigenvalue weighted by Crippen LogP contribution is 2.23. The standard InChI is InChI=1S/C17H23N3O6/c1-12-4-2-3-8-19(12)16(22)11-26-17(23)14-10-13(20(24)25)5-6-15(14)18-7-9-21/h5-6,10,12,18,21H,2-4,7-9,11H2,1H3/t12-/m1/s1. The summed E-state index contributed by atoms with van der Waals surface area (Å²) >= 11 is 0. The molecule has 0 unspecified atom stereocenters. The molecule has 0 saturated carbocycles. The van der Waals surface area contributed by atoms with Crippen molar-refractivity contribution >= 4 is 23.3 Å². The summed E-state index contributed by atoms with van der Waals surface area (Å²) in [5.41, 5.74) is -0.0111. The van der Waals surface area contributed by atoms with E-state index in [1.807, 2.05) is 6.92 Å². The number of esters is 1. The first-order valence-corrected chi connectivity index (χ1v) is 8.53. The number of likely N-dealkylation sites (tertiary alicyclic amines) is 1. The van der Waals surface area contributed by atoms with E-state index in [1.54, 1.807) is 4.90 Å². The van der Waals surface area contributed by atoms with E-state index in [1.165, 1.54) is 12.1 Å². The Morgan fingerprint density at radius 2 is 2.19 bits per heavy atom. The zero-order valence-corrected chi connectivity index (χ0v) is 14.6. The molecule has 1 heterocycles. The first-order chi connectivity index (χ1) is 12.4. The highest BCUT2D eigenvalue weighted by molar-refractivity contribution is 5.97. The number of carbonyl (C=O) groups excluding carboxylic acids is 2. The van der Waals surface area contributed by atoms with Crippen molar-refractivity contribution in [3.8, 4) is 0 Å². The third-order valence-electron chi connectivity index (χ3n) is 4.31. The van der Waals surface area contributed by atoms with Gasteiger partial charge in [0.1, 0.15) is 0 Å². The summed E-state index contributed by atoms with van der Waals surface area (Å²) in [5, 5.41) is 22.6. The Morgan fingerprint density at radius 1 is 1.42 bits per heavy atom. The molecule has 0 bridgehead atoms. The van der Waals surface area contributed by atoms with Crippen LogP contribution in [0.2, 0.25) is 0 Å². The molecule has 26 heavy (non-hydrogen) atoms. The van der Waals surface area contributed by atoms with Crippen LogP contribution >= 0.6 is 0 Å². The number of piperidine rings is 1. The second kappa shape index (κ2) is 9.14. The molecule has 2 N–H and O–H groups in total. The van der Waals surface area contributed by atoms with Crippen LogP contribution in [0, 0.1) is 10.1 Å². The summed E-state index contributed by atoms with van der Waals surface area (Å²) in [6, 6.07) is 3.82. The van der Waals surface area contributed by atoms with Crippen molar-refractivity contribution in [2.45, 2.75) is 32.2 Å². The number of aliphatic hydroxyl groups is 1. The number of amides is 1. The third kappa shape index (κ3) is 4.92. The minimum absolute atomic E-state index is 0.0489. The van der Waals surface area contributed by atoms with Gasteiger partial charge in [0.25, 0.3) is 11.6 Å². The van der Waals surface area contributed by atoms with E-state index in [9.17, 15) is 19.7 Å². The molecule has 2 rings (SSSR count). The van der Waals surface area contributed by atoms with E-state index in [4.69, 9.17) is 9.84 Å². The highest BCUT2D eigenvalue weighted by Gasteiger charge is 2.25. The Labute approximate surface area is 151 Å². The zero-order valence-electron chi connectivity index (χ0n) is 14.6. The Kier molecular flexibility index (Phi) is 6.90. The van der Waals surface area contributed by atoms with Gasteiger partial charge in [-0.1, -0.05) is 0 Å². The number of benzene rings is 1. The maximum absolute atomic E-state index is 12.4. The molecule has 1 aliphatic heterocycles. The predicted octanol–water partition coefficient (Wildman–Crippen LogP) is 1.56. The second-order valence-electron chi connectivity index (χ2n) is 6.15. The number of nitrogens with one attached hydrogen (secondary N) is 1. The predicted molar refractivity (Wildman–Crippen MR) is 94.0 cm³/mol. The van der Waals surface area contributed by atoms with Crippen LogP contribution in [-0.4, -0.2) is 59.2 Å².